The average Bonchev–Trinajstić information content (AvgIpc) is 2.96. The van der Waals surface area contributed by atoms with Gasteiger partial charge in [0.25, 0.3) is 10.0 Å². The molecule has 4 rings (SSSR count). The summed E-state index contributed by atoms with van der Waals surface area (Å²) < 4.78 is 29.4. The van der Waals surface area contributed by atoms with E-state index in [4.69, 9.17) is 0 Å². The van der Waals surface area contributed by atoms with Crippen molar-refractivity contribution < 1.29 is 18.0 Å². The molecule has 1 aliphatic carbocycles. The van der Waals surface area contributed by atoms with Crippen LogP contribution in [0.4, 0.5) is 5.69 Å². The maximum absolute atomic E-state index is 13.9. The Labute approximate surface area is 239 Å². The highest BCUT2D eigenvalue weighted by Crippen LogP contribution is 2.26. The normalized spacial score (nSPS) is 14.8. The maximum Gasteiger partial charge on any atom is 0.264 e. The molecule has 1 unspecified atom stereocenters. The van der Waals surface area contributed by atoms with Crippen LogP contribution in [0.25, 0.3) is 0 Å². The predicted octanol–water partition coefficient (Wildman–Crippen LogP) is 5.51. The Morgan fingerprint density at radius 2 is 1.49 bits per heavy atom. The molecule has 39 heavy (non-hydrogen) atoms. The number of nitrogens with one attached hydrogen (secondary N) is 1. The SMILES string of the molecule is CC(C(=O)NC1CCCCC1)N(Cc1ccccc1)C(=O)CN(c1ccc(Br)cc1)S(=O)(=O)c1ccccc1. The minimum Gasteiger partial charge on any atom is -0.352 e. The molecule has 0 radical (unpaired) electrons. The zero-order valence-corrected chi connectivity index (χ0v) is 24.4. The van der Waals surface area contributed by atoms with Crippen LogP contribution < -0.4 is 9.62 Å². The number of rotatable bonds is 10. The topological polar surface area (TPSA) is 86.8 Å². The summed E-state index contributed by atoms with van der Waals surface area (Å²) in [6.45, 7) is 1.43. The molecule has 1 saturated carbocycles. The molecule has 3 aromatic rings. The lowest BCUT2D eigenvalue weighted by molar-refractivity contribution is -0.139. The molecule has 0 aromatic heterocycles. The largest absolute Gasteiger partial charge is 0.352 e. The van der Waals surface area contributed by atoms with Gasteiger partial charge in [0, 0.05) is 17.1 Å². The smallest absolute Gasteiger partial charge is 0.264 e. The van der Waals surface area contributed by atoms with Crippen molar-refractivity contribution in [2.24, 2.45) is 0 Å². The number of amides is 2. The summed E-state index contributed by atoms with van der Waals surface area (Å²) in [7, 11) is -4.07. The van der Waals surface area contributed by atoms with Crippen LogP contribution in [0.5, 0.6) is 0 Å². The van der Waals surface area contributed by atoms with Crippen molar-refractivity contribution in [1.82, 2.24) is 10.2 Å². The maximum atomic E-state index is 13.9. The highest BCUT2D eigenvalue weighted by Gasteiger charge is 2.33. The fourth-order valence-corrected chi connectivity index (χ4v) is 6.49. The number of sulfonamides is 1. The third kappa shape index (κ3) is 7.48. The molecular formula is C30H34BrN3O4S. The van der Waals surface area contributed by atoms with E-state index in [2.05, 4.69) is 21.2 Å². The number of carbonyl (C=O) groups is 2. The molecule has 1 atom stereocenters. The first-order chi connectivity index (χ1) is 18.8. The van der Waals surface area contributed by atoms with E-state index in [-0.39, 0.29) is 23.4 Å². The quantitative estimate of drug-likeness (QED) is 0.327. The van der Waals surface area contributed by atoms with Gasteiger partial charge in [0.1, 0.15) is 12.6 Å². The molecule has 206 valence electrons. The van der Waals surface area contributed by atoms with E-state index in [1.807, 2.05) is 30.3 Å². The number of halogens is 1. The van der Waals surface area contributed by atoms with Crippen LogP contribution in [0.15, 0.2) is 94.3 Å². The van der Waals surface area contributed by atoms with Crippen LogP contribution in [-0.2, 0) is 26.2 Å². The van der Waals surface area contributed by atoms with Crippen molar-refractivity contribution in [3.05, 3.63) is 95.0 Å². The summed E-state index contributed by atoms with van der Waals surface area (Å²) in [4.78, 5) is 28.8. The van der Waals surface area contributed by atoms with E-state index in [0.29, 0.717) is 5.69 Å². The third-order valence-electron chi connectivity index (χ3n) is 7.04. The number of hydrogen-bond donors (Lipinski definition) is 1. The Balaban J connectivity index is 1.64. The zero-order chi connectivity index (χ0) is 27.8. The Hall–Kier alpha value is -3.17. The van der Waals surface area contributed by atoms with Crippen LogP contribution in [0.2, 0.25) is 0 Å². The van der Waals surface area contributed by atoms with Gasteiger partial charge in [-0.15, -0.1) is 0 Å². The summed E-state index contributed by atoms with van der Waals surface area (Å²) in [5.41, 5.74) is 1.21. The molecule has 0 saturated heterocycles. The molecule has 3 aromatic carbocycles. The second-order valence-corrected chi connectivity index (χ2v) is 12.6. The Morgan fingerprint density at radius 3 is 2.10 bits per heavy atom. The zero-order valence-electron chi connectivity index (χ0n) is 22.0. The Kier molecular flexibility index (Phi) is 9.80. The van der Waals surface area contributed by atoms with Crippen molar-refractivity contribution in [3.8, 4) is 0 Å². The Morgan fingerprint density at radius 1 is 0.897 bits per heavy atom. The summed E-state index contributed by atoms with van der Waals surface area (Å²) >= 11 is 3.39. The van der Waals surface area contributed by atoms with E-state index in [0.717, 1.165) is 40.0 Å². The van der Waals surface area contributed by atoms with Crippen LogP contribution in [-0.4, -0.2) is 43.8 Å². The summed E-state index contributed by atoms with van der Waals surface area (Å²) in [6, 6.07) is 23.5. The van der Waals surface area contributed by atoms with Crippen LogP contribution >= 0.6 is 15.9 Å². The molecule has 0 spiro atoms. The molecule has 0 bridgehead atoms. The van der Waals surface area contributed by atoms with Gasteiger partial charge < -0.3 is 10.2 Å². The minimum atomic E-state index is -4.07. The molecule has 9 heteroatoms. The lowest BCUT2D eigenvalue weighted by Crippen LogP contribution is -2.53. The van der Waals surface area contributed by atoms with Crippen molar-refractivity contribution in [2.75, 3.05) is 10.8 Å². The molecule has 7 nitrogen and oxygen atoms in total. The highest BCUT2D eigenvalue weighted by atomic mass is 79.9. The van der Waals surface area contributed by atoms with E-state index >= 15 is 0 Å². The fourth-order valence-electron chi connectivity index (χ4n) is 4.79. The molecule has 0 aliphatic heterocycles. The second kappa shape index (κ2) is 13.3. The highest BCUT2D eigenvalue weighted by molar-refractivity contribution is 9.10. The van der Waals surface area contributed by atoms with Crippen LogP contribution in [0.3, 0.4) is 0 Å². The molecule has 1 fully saturated rings. The lowest BCUT2D eigenvalue weighted by atomic mass is 9.95. The van der Waals surface area contributed by atoms with Gasteiger partial charge in [0.05, 0.1) is 10.6 Å². The summed E-state index contributed by atoms with van der Waals surface area (Å²) in [5, 5.41) is 3.12. The molecule has 0 heterocycles. The molecular weight excluding hydrogens is 578 g/mol. The number of nitrogens with zero attached hydrogens (tertiary/aromatic N) is 2. The third-order valence-corrected chi connectivity index (χ3v) is 9.36. The molecule has 1 aliphatic rings. The van der Waals surface area contributed by atoms with E-state index in [9.17, 15) is 18.0 Å². The predicted molar refractivity (Wildman–Crippen MR) is 157 cm³/mol. The summed E-state index contributed by atoms with van der Waals surface area (Å²) in [5.74, 6) is -0.695. The fraction of sp³-hybridized carbons (Fsp3) is 0.333. The van der Waals surface area contributed by atoms with Crippen molar-refractivity contribution >= 4 is 43.5 Å². The van der Waals surface area contributed by atoms with Crippen molar-refractivity contribution in [1.29, 1.82) is 0 Å². The van der Waals surface area contributed by atoms with Crippen molar-refractivity contribution in [3.63, 3.8) is 0 Å². The first-order valence-electron chi connectivity index (χ1n) is 13.2. The molecule has 2 amide bonds. The van der Waals surface area contributed by atoms with Gasteiger partial charge in [-0.2, -0.15) is 0 Å². The Bertz CT molecular complexity index is 1350. The minimum absolute atomic E-state index is 0.0819. The lowest BCUT2D eigenvalue weighted by Gasteiger charge is -2.33. The van der Waals surface area contributed by atoms with E-state index < -0.39 is 28.5 Å². The van der Waals surface area contributed by atoms with Gasteiger partial charge in [-0.25, -0.2) is 8.42 Å². The van der Waals surface area contributed by atoms with Gasteiger partial charge in [-0.3, -0.25) is 13.9 Å². The molecule has 1 N–H and O–H groups in total. The van der Waals surface area contributed by atoms with Crippen LogP contribution in [0.1, 0.15) is 44.6 Å². The number of benzene rings is 3. The first kappa shape index (κ1) is 28.8. The van der Waals surface area contributed by atoms with Gasteiger partial charge in [0.2, 0.25) is 11.8 Å². The van der Waals surface area contributed by atoms with Crippen molar-refractivity contribution in [2.45, 2.75) is 62.6 Å². The monoisotopic (exact) mass is 611 g/mol. The second-order valence-electron chi connectivity index (χ2n) is 9.83. The van der Waals surface area contributed by atoms with Gasteiger partial charge in [0.15, 0.2) is 0 Å². The van der Waals surface area contributed by atoms with Crippen LogP contribution in [0, 0.1) is 0 Å². The average molecular weight is 613 g/mol. The van der Waals surface area contributed by atoms with Gasteiger partial charge in [-0.1, -0.05) is 83.7 Å². The first-order valence-corrected chi connectivity index (χ1v) is 15.5. The van der Waals surface area contributed by atoms with Gasteiger partial charge in [-0.05, 0) is 61.7 Å². The van der Waals surface area contributed by atoms with E-state index in [1.54, 1.807) is 49.4 Å². The number of hydrogen-bond acceptors (Lipinski definition) is 4. The van der Waals surface area contributed by atoms with E-state index in [1.165, 1.54) is 23.5 Å². The van der Waals surface area contributed by atoms with Gasteiger partial charge >= 0.3 is 0 Å². The standard InChI is InChI=1S/C30H34BrN3O4S/c1-23(30(36)32-26-13-7-3-8-14-26)33(21-24-11-5-2-6-12-24)29(35)22-34(27-19-17-25(31)18-20-27)39(37,38)28-15-9-4-10-16-28/h2,4-6,9-12,15-20,23,26H,3,7-8,13-14,21-22H2,1H3,(H,32,36). The number of carbonyl (C=O) groups excluding carboxylic acids is 2. The summed E-state index contributed by atoms with van der Waals surface area (Å²) in [6.07, 6.45) is 5.18. The number of anilines is 1.